The van der Waals surface area contributed by atoms with Crippen molar-refractivity contribution in [1.82, 2.24) is 9.97 Å². The molecule has 4 nitrogen and oxygen atoms in total. The largest absolute Gasteiger partial charge is 0.508 e. The van der Waals surface area contributed by atoms with Crippen molar-refractivity contribution in [2.45, 2.75) is 0 Å². The Morgan fingerprint density at radius 2 is 2.05 bits per heavy atom. The monoisotopic (exact) mass is 264 g/mol. The molecule has 1 aliphatic heterocycles. The van der Waals surface area contributed by atoms with Crippen LogP contribution in [0.2, 0.25) is 0 Å². The van der Waals surface area contributed by atoms with Crippen LogP contribution < -0.4 is 4.74 Å². The van der Waals surface area contributed by atoms with E-state index in [0.717, 1.165) is 28.0 Å². The molecule has 4 heteroatoms. The van der Waals surface area contributed by atoms with E-state index in [2.05, 4.69) is 9.97 Å². The molecule has 0 spiro atoms. The summed E-state index contributed by atoms with van der Waals surface area (Å²) in [7, 11) is 0. The SMILES string of the molecule is Oc1ccc2c(c1)OCC(c1nc3ccccc3[nH]1)=C2. The summed E-state index contributed by atoms with van der Waals surface area (Å²) in [5.74, 6) is 1.74. The Hall–Kier alpha value is -2.75. The van der Waals surface area contributed by atoms with E-state index in [1.165, 1.54) is 0 Å². The molecule has 3 aromatic rings. The molecule has 2 aromatic carbocycles. The van der Waals surface area contributed by atoms with Crippen LogP contribution in [0.3, 0.4) is 0 Å². The van der Waals surface area contributed by atoms with Crippen LogP contribution >= 0.6 is 0 Å². The average molecular weight is 264 g/mol. The number of aromatic amines is 1. The summed E-state index contributed by atoms with van der Waals surface area (Å²) >= 11 is 0. The summed E-state index contributed by atoms with van der Waals surface area (Å²) in [4.78, 5) is 7.87. The van der Waals surface area contributed by atoms with Gasteiger partial charge in [-0.25, -0.2) is 4.98 Å². The van der Waals surface area contributed by atoms with Crippen LogP contribution in [0.5, 0.6) is 11.5 Å². The lowest BCUT2D eigenvalue weighted by Crippen LogP contribution is -2.07. The van der Waals surface area contributed by atoms with Gasteiger partial charge in [0.2, 0.25) is 0 Å². The lowest BCUT2D eigenvalue weighted by atomic mass is 10.1. The molecule has 0 aliphatic carbocycles. The van der Waals surface area contributed by atoms with Gasteiger partial charge in [0.05, 0.1) is 11.0 Å². The summed E-state index contributed by atoms with van der Waals surface area (Å²) in [6.07, 6.45) is 2.04. The molecular formula is C16H12N2O2. The first-order valence-electron chi connectivity index (χ1n) is 6.41. The highest BCUT2D eigenvalue weighted by molar-refractivity contribution is 5.87. The van der Waals surface area contributed by atoms with Gasteiger partial charge in [0.25, 0.3) is 0 Å². The number of nitrogens with one attached hydrogen (secondary N) is 1. The minimum absolute atomic E-state index is 0.212. The highest BCUT2D eigenvalue weighted by Gasteiger charge is 2.15. The molecule has 0 saturated heterocycles. The number of hydrogen-bond donors (Lipinski definition) is 2. The number of aromatic nitrogens is 2. The van der Waals surface area contributed by atoms with E-state index in [4.69, 9.17) is 4.74 Å². The van der Waals surface area contributed by atoms with Gasteiger partial charge in [0, 0.05) is 17.2 Å². The van der Waals surface area contributed by atoms with Gasteiger partial charge in [-0.3, -0.25) is 0 Å². The standard InChI is InChI=1S/C16H12N2O2/c19-12-6-5-10-7-11(9-20-15(10)8-12)16-17-13-3-1-2-4-14(13)18-16/h1-8,19H,9H2,(H,17,18). The average Bonchev–Trinajstić information content (AvgIpc) is 2.90. The third kappa shape index (κ3) is 1.73. The van der Waals surface area contributed by atoms with Gasteiger partial charge in [-0.2, -0.15) is 0 Å². The number of hydrogen-bond acceptors (Lipinski definition) is 3. The summed E-state index contributed by atoms with van der Waals surface area (Å²) < 4.78 is 5.68. The molecule has 4 rings (SSSR count). The second-order valence-electron chi connectivity index (χ2n) is 4.78. The van der Waals surface area contributed by atoms with Crippen LogP contribution in [0.1, 0.15) is 11.4 Å². The number of imidazole rings is 1. The molecule has 1 aromatic heterocycles. The summed E-state index contributed by atoms with van der Waals surface area (Å²) in [6.45, 7) is 0.441. The lowest BCUT2D eigenvalue weighted by molar-refractivity contribution is 0.361. The Morgan fingerprint density at radius 1 is 1.15 bits per heavy atom. The Bertz CT molecular complexity index is 800. The second-order valence-corrected chi connectivity index (χ2v) is 4.78. The predicted molar refractivity (Wildman–Crippen MR) is 77.6 cm³/mol. The third-order valence-electron chi connectivity index (χ3n) is 3.40. The normalized spacial score (nSPS) is 13.7. The fourth-order valence-corrected chi connectivity index (χ4v) is 2.39. The van der Waals surface area contributed by atoms with Crippen LogP contribution in [0.25, 0.3) is 22.7 Å². The molecular weight excluding hydrogens is 252 g/mol. The van der Waals surface area contributed by atoms with Crippen molar-refractivity contribution in [2.24, 2.45) is 0 Å². The molecule has 98 valence electrons. The number of H-pyrrole nitrogens is 1. The van der Waals surface area contributed by atoms with E-state index in [1.807, 2.05) is 36.4 Å². The fourth-order valence-electron chi connectivity index (χ4n) is 2.39. The minimum Gasteiger partial charge on any atom is -0.508 e. The first-order valence-corrected chi connectivity index (χ1v) is 6.41. The van der Waals surface area contributed by atoms with Crippen molar-refractivity contribution < 1.29 is 9.84 Å². The van der Waals surface area contributed by atoms with Crippen LogP contribution in [-0.4, -0.2) is 21.7 Å². The topological polar surface area (TPSA) is 58.1 Å². The number of ether oxygens (including phenoxy) is 1. The highest BCUT2D eigenvalue weighted by Crippen LogP contribution is 2.32. The summed E-state index contributed by atoms with van der Waals surface area (Å²) in [6, 6.07) is 13.0. The molecule has 0 atom stereocenters. The Labute approximate surface area is 115 Å². The van der Waals surface area contributed by atoms with Gasteiger partial charge >= 0.3 is 0 Å². The number of phenols is 1. The fraction of sp³-hybridized carbons (Fsp3) is 0.0625. The maximum atomic E-state index is 9.45. The zero-order chi connectivity index (χ0) is 13.5. The Morgan fingerprint density at radius 3 is 2.95 bits per heavy atom. The number of nitrogens with zero attached hydrogens (tertiary/aromatic N) is 1. The van der Waals surface area contributed by atoms with Gasteiger partial charge in [-0.1, -0.05) is 12.1 Å². The quantitative estimate of drug-likeness (QED) is 0.709. The summed E-state index contributed by atoms with van der Waals surface area (Å²) in [5.41, 5.74) is 3.91. The van der Waals surface area contributed by atoms with Crippen LogP contribution in [0.4, 0.5) is 0 Å². The van der Waals surface area contributed by atoms with Gasteiger partial charge in [0.1, 0.15) is 23.9 Å². The maximum absolute atomic E-state index is 9.45. The van der Waals surface area contributed by atoms with E-state index in [-0.39, 0.29) is 5.75 Å². The Kier molecular flexibility index (Phi) is 2.29. The van der Waals surface area contributed by atoms with Gasteiger partial charge < -0.3 is 14.8 Å². The van der Waals surface area contributed by atoms with E-state index >= 15 is 0 Å². The predicted octanol–water partition coefficient (Wildman–Crippen LogP) is 3.20. The number of fused-ring (bicyclic) bond motifs is 2. The third-order valence-corrected chi connectivity index (χ3v) is 3.40. The highest BCUT2D eigenvalue weighted by atomic mass is 16.5. The van der Waals surface area contributed by atoms with Gasteiger partial charge in [0.15, 0.2) is 0 Å². The van der Waals surface area contributed by atoms with Crippen molar-refractivity contribution in [3.8, 4) is 11.5 Å². The van der Waals surface area contributed by atoms with E-state index in [9.17, 15) is 5.11 Å². The van der Waals surface area contributed by atoms with Crippen LogP contribution in [0, 0.1) is 0 Å². The van der Waals surface area contributed by atoms with Crippen molar-refractivity contribution >= 4 is 22.7 Å². The van der Waals surface area contributed by atoms with Crippen molar-refractivity contribution in [1.29, 1.82) is 0 Å². The minimum atomic E-state index is 0.212. The number of aromatic hydroxyl groups is 1. The molecule has 0 amide bonds. The molecule has 1 aliphatic rings. The molecule has 0 unspecified atom stereocenters. The zero-order valence-electron chi connectivity index (χ0n) is 10.6. The first kappa shape index (κ1) is 11.1. The van der Waals surface area contributed by atoms with Crippen LogP contribution in [0.15, 0.2) is 42.5 Å². The van der Waals surface area contributed by atoms with E-state index in [1.54, 1.807) is 12.1 Å². The Balaban J connectivity index is 1.81. The van der Waals surface area contributed by atoms with E-state index < -0.39 is 0 Å². The van der Waals surface area contributed by atoms with Gasteiger partial charge in [-0.05, 0) is 30.3 Å². The maximum Gasteiger partial charge on any atom is 0.137 e. The van der Waals surface area contributed by atoms with Crippen LogP contribution in [-0.2, 0) is 0 Å². The molecule has 0 radical (unpaired) electrons. The molecule has 2 N–H and O–H groups in total. The van der Waals surface area contributed by atoms with Crippen molar-refractivity contribution in [3.05, 3.63) is 53.9 Å². The van der Waals surface area contributed by atoms with E-state index in [0.29, 0.717) is 12.4 Å². The van der Waals surface area contributed by atoms with Gasteiger partial charge in [-0.15, -0.1) is 0 Å². The summed E-state index contributed by atoms with van der Waals surface area (Å²) in [5, 5.41) is 9.45. The lowest BCUT2D eigenvalue weighted by Gasteiger charge is -2.16. The molecule has 0 bridgehead atoms. The first-order chi connectivity index (χ1) is 9.79. The second kappa shape index (κ2) is 4.13. The van der Waals surface area contributed by atoms with Crippen molar-refractivity contribution in [3.63, 3.8) is 0 Å². The molecule has 20 heavy (non-hydrogen) atoms. The molecule has 0 saturated carbocycles. The van der Waals surface area contributed by atoms with Crippen molar-refractivity contribution in [2.75, 3.05) is 6.61 Å². The number of benzene rings is 2. The number of rotatable bonds is 1. The smallest absolute Gasteiger partial charge is 0.137 e. The molecule has 0 fully saturated rings. The molecule has 2 heterocycles. The zero-order valence-corrected chi connectivity index (χ0v) is 10.6. The number of phenolic OH excluding ortho intramolecular Hbond substituents is 1. The number of para-hydroxylation sites is 2.